The summed E-state index contributed by atoms with van der Waals surface area (Å²) in [5.74, 6) is 1.27. The molecule has 20 heavy (non-hydrogen) atoms. The van der Waals surface area contributed by atoms with E-state index >= 15 is 0 Å². The zero-order valence-corrected chi connectivity index (χ0v) is 12.0. The van der Waals surface area contributed by atoms with Crippen molar-refractivity contribution >= 4 is 10.8 Å². The molecule has 0 saturated heterocycles. The van der Waals surface area contributed by atoms with Crippen molar-refractivity contribution in [3.8, 4) is 11.5 Å². The van der Waals surface area contributed by atoms with Gasteiger partial charge in [-0.25, -0.2) is 0 Å². The normalized spacial score (nSPS) is 14.4. The van der Waals surface area contributed by atoms with Crippen molar-refractivity contribution in [3.63, 3.8) is 0 Å². The molecule has 2 aromatic carbocycles. The molecule has 0 fully saturated rings. The van der Waals surface area contributed by atoms with Crippen LogP contribution in [0.4, 0.5) is 0 Å². The highest BCUT2D eigenvalue weighted by Crippen LogP contribution is 2.43. The van der Waals surface area contributed by atoms with Gasteiger partial charge in [-0.3, -0.25) is 0 Å². The maximum atomic E-state index is 10.5. The van der Waals surface area contributed by atoms with E-state index in [9.17, 15) is 10.2 Å². The zero-order valence-electron chi connectivity index (χ0n) is 12.0. The number of benzene rings is 2. The van der Waals surface area contributed by atoms with E-state index in [-0.39, 0.29) is 0 Å². The molecule has 0 saturated carbocycles. The second-order valence-corrected chi connectivity index (χ2v) is 6.04. The third kappa shape index (κ3) is 2.05. The van der Waals surface area contributed by atoms with Crippen LogP contribution in [0.1, 0.15) is 31.4 Å². The Balaban J connectivity index is 2.13. The summed E-state index contributed by atoms with van der Waals surface area (Å²) in [7, 11) is 0. The van der Waals surface area contributed by atoms with Crippen molar-refractivity contribution in [1.82, 2.24) is 0 Å². The van der Waals surface area contributed by atoms with E-state index in [1.165, 1.54) is 5.57 Å². The lowest BCUT2D eigenvalue weighted by atomic mass is 9.85. The molecule has 1 aliphatic carbocycles. The third-order valence-corrected chi connectivity index (χ3v) is 4.04. The largest absolute Gasteiger partial charge is 0.507 e. The summed E-state index contributed by atoms with van der Waals surface area (Å²) in [6, 6.07) is 7.50. The standard InChI is InChI=1S/C18H20O2/c1-11(2)9-12-7-8-15-16(10-12)18(20)14-6-4-3-5-13(14)17(15)19/h3-7,11,19-20H,8-10H2,1-2H3. The number of fused-ring (bicyclic) bond motifs is 2. The first-order valence-electron chi connectivity index (χ1n) is 7.20. The highest BCUT2D eigenvalue weighted by atomic mass is 16.3. The number of hydrogen-bond donors (Lipinski definition) is 2. The van der Waals surface area contributed by atoms with Crippen LogP contribution in [0.25, 0.3) is 10.8 Å². The van der Waals surface area contributed by atoms with Gasteiger partial charge in [0.1, 0.15) is 11.5 Å². The van der Waals surface area contributed by atoms with E-state index in [2.05, 4.69) is 19.9 Å². The molecule has 1 aliphatic rings. The molecule has 0 spiro atoms. The van der Waals surface area contributed by atoms with E-state index in [1.54, 1.807) is 0 Å². The first-order chi connectivity index (χ1) is 9.58. The van der Waals surface area contributed by atoms with Gasteiger partial charge in [-0.2, -0.15) is 0 Å². The minimum atomic E-state index is 0.327. The Labute approximate surface area is 119 Å². The van der Waals surface area contributed by atoms with Crippen LogP contribution in [0.3, 0.4) is 0 Å². The van der Waals surface area contributed by atoms with Crippen LogP contribution in [0.15, 0.2) is 35.9 Å². The summed E-state index contributed by atoms with van der Waals surface area (Å²) < 4.78 is 0. The van der Waals surface area contributed by atoms with Gasteiger partial charge in [0.25, 0.3) is 0 Å². The number of rotatable bonds is 2. The number of aromatic hydroxyl groups is 2. The second-order valence-electron chi connectivity index (χ2n) is 6.04. The van der Waals surface area contributed by atoms with E-state index in [0.717, 1.165) is 34.7 Å². The highest BCUT2D eigenvalue weighted by Gasteiger charge is 2.22. The Bertz CT molecular complexity index is 696. The van der Waals surface area contributed by atoms with Crippen molar-refractivity contribution < 1.29 is 10.2 Å². The van der Waals surface area contributed by atoms with Crippen LogP contribution in [0.2, 0.25) is 0 Å². The summed E-state index contributed by atoms with van der Waals surface area (Å²) in [5.41, 5.74) is 3.14. The summed E-state index contributed by atoms with van der Waals surface area (Å²) in [6.07, 6.45) is 4.71. The molecular weight excluding hydrogens is 248 g/mol. The molecule has 2 nitrogen and oxygen atoms in total. The van der Waals surface area contributed by atoms with Crippen LogP contribution >= 0.6 is 0 Å². The first-order valence-corrected chi connectivity index (χ1v) is 7.20. The van der Waals surface area contributed by atoms with E-state index in [4.69, 9.17) is 0 Å². The van der Waals surface area contributed by atoms with Crippen molar-refractivity contribution in [2.75, 3.05) is 0 Å². The van der Waals surface area contributed by atoms with Gasteiger partial charge in [0.15, 0.2) is 0 Å². The van der Waals surface area contributed by atoms with Gasteiger partial charge in [-0.05, 0) is 25.2 Å². The Morgan fingerprint density at radius 2 is 1.60 bits per heavy atom. The lowest BCUT2D eigenvalue weighted by Crippen LogP contribution is -2.06. The quantitative estimate of drug-likeness (QED) is 0.629. The van der Waals surface area contributed by atoms with Gasteiger partial charge in [-0.15, -0.1) is 0 Å². The summed E-state index contributed by atoms with van der Waals surface area (Å²) >= 11 is 0. The van der Waals surface area contributed by atoms with Crippen molar-refractivity contribution in [3.05, 3.63) is 47.0 Å². The predicted molar refractivity (Wildman–Crippen MR) is 82.2 cm³/mol. The number of allylic oxidation sites excluding steroid dienone is 2. The third-order valence-electron chi connectivity index (χ3n) is 4.04. The van der Waals surface area contributed by atoms with E-state index in [0.29, 0.717) is 23.8 Å². The number of phenolic OH excluding ortho intramolecular Hbond substituents is 2. The monoisotopic (exact) mass is 268 g/mol. The molecule has 2 heteroatoms. The molecule has 0 heterocycles. The molecule has 2 N–H and O–H groups in total. The fraction of sp³-hybridized carbons (Fsp3) is 0.333. The van der Waals surface area contributed by atoms with Gasteiger partial charge in [0, 0.05) is 21.9 Å². The van der Waals surface area contributed by atoms with Gasteiger partial charge in [0.05, 0.1) is 0 Å². The number of phenols is 2. The average molecular weight is 268 g/mol. The van der Waals surface area contributed by atoms with Crippen molar-refractivity contribution in [2.45, 2.75) is 33.1 Å². The summed E-state index contributed by atoms with van der Waals surface area (Å²) in [6.45, 7) is 4.40. The Morgan fingerprint density at radius 3 is 2.20 bits per heavy atom. The second kappa shape index (κ2) is 4.86. The van der Waals surface area contributed by atoms with Crippen molar-refractivity contribution in [1.29, 1.82) is 0 Å². The van der Waals surface area contributed by atoms with Crippen LogP contribution in [0, 0.1) is 5.92 Å². The van der Waals surface area contributed by atoms with Gasteiger partial charge >= 0.3 is 0 Å². The van der Waals surface area contributed by atoms with Crippen LogP contribution in [0.5, 0.6) is 11.5 Å². The fourth-order valence-corrected chi connectivity index (χ4v) is 3.14. The smallest absolute Gasteiger partial charge is 0.127 e. The highest BCUT2D eigenvalue weighted by molar-refractivity contribution is 5.95. The summed E-state index contributed by atoms with van der Waals surface area (Å²) in [4.78, 5) is 0. The van der Waals surface area contributed by atoms with Gasteiger partial charge in [0.2, 0.25) is 0 Å². The maximum absolute atomic E-state index is 10.5. The lowest BCUT2D eigenvalue weighted by Gasteiger charge is -2.22. The molecule has 0 aromatic heterocycles. The molecule has 2 aromatic rings. The molecule has 104 valence electrons. The Hall–Kier alpha value is -1.96. The van der Waals surface area contributed by atoms with E-state index < -0.39 is 0 Å². The predicted octanol–water partition coefficient (Wildman–Crippen LogP) is 4.32. The molecule has 0 unspecified atom stereocenters. The fourth-order valence-electron chi connectivity index (χ4n) is 3.14. The molecule has 0 bridgehead atoms. The van der Waals surface area contributed by atoms with E-state index in [1.807, 2.05) is 24.3 Å². The molecule has 0 amide bonds. The SMILES string of the molecule is CC(C)CC1=CCc2c(c(O)c3ccccc3c2O)C1. The molecule has 0 radical (unpaired) electrons. The molecular formula is C18H20O2. The Kier molecular flexibility index (Phi) is 3.17. The van der Waals surface area contributed by atoms with Crippen molar-refractivity contribution in [2.24, 2.45) is 5.92 Å². The molecule has 3 rings (SSSR count). The van der Waals surface area contributed by atoms with Crippen LogP contribution in [-0.2, 0) is 12.8 Å². The zero-order chi connectivity index (χ0) is 14.3. The first kappa shape index (κ1) is 13.0. The van der Waals surface area contributed by atoms with Crippen LogP contribution in [-0.4, -0.2) is 10.2 Å². The lowest BCUT2D eigenvalue weighted by molar-refractivity contribution is 0.457. The average Bonchev–Trinajstić information content (AvgIpc) is 2.44. The maximum Gasteiger partial charge on any atom is 0.127 e. The minimum Gasteiger partial charge on any atom is -0.507 e. The van der Waals surface area contributed by atoms with Gasteiger partial charge in [-0.1, -0.05) is 49.8 Å². The van der Waals surface area contributed by atoms with Crippen LogP contribution < -0.4 is 0 Å². The summed E-state index contributed by atoms with van der Waals surface area (Å²) in [5, 5.41) is 22.5. The molecule has 0 aliphatic heterocycles. The Morgan fingerprint density at radius 1 is 1.00 bits per heavy atom. The van der Waals surface area contributed by atoms with Gasteiger partial charge < -0.3 is 10.2 Å². The minimum absolute atomic E-state index is 0.327. The molecule has 0 atom stereocenters. The topological polar surface area (TPSA) is 40.5 Å². The number of hydrogen-bond acceptors (Lipinski definition) is 2.